The molecule has 1 fully saturated rings. The van der Waals surface area contributed by atoms with Crippen molar-refractivity contribution in [1.29, 1.82) is 5.26 Å². The van der Waals surface area contributed by atoms with Crippen LogP contribution in [0.1, 0.15) is 23.3 Å². The zero-order valence-corrected chi connectivity index (χ0v) is 16.2. The molecule has 142 valence electrons. The molecule has 0 amide bonds. The molecule has 2 aromatic carbocycles. The van der Waals surface area contributed by atoms with Crippen molar-refractivity contribution in [3.05, 3.63) is 71.0 Å². The van der Waals surface area contributed by atoms with Crippen LogP contribution in [0.3, 0.4) is 0 Å². The van der Waals surface area contributed by atoms with Crippen molar-refractivity contribution in [2.75, 3.05) is 11.5 Å². The second-order valence-electron chi connectivity index (χ2n) is 6.85. The van der Waals surface area contributed by atoms with Gasteiger partial charge in [-0.15, -0.1) is 11.3 Å². The zero-order valence-electron chi connectivity index (χ0n) is 15.4. The van der Waals surface area contributed by atoms with Crippen LogP contribution in [0.4, 0.5) is 9.52 Å². The second kappa shape index (κ2) is 7.70. The van der Waals surface area contributed by atoms with Crippen LogP contribution in [-0.2, 0) is 6.42 Å². The van der Waals surface area contributed by atoms with Crippen molar-refractivity contribution < 1.29 is 9.50 Å². The Morgan fingerprint density at radius 2 is 2.00 bits per heavy atom. The number of nitriles is 1. The summed E-state index contributed by atoms with van der Waals surface area (Å²) in [5.74, 6) is -0.360. The lowest BCUT2D eigenvalue weighted by Gasteiger charge is -2.51. The molecule has 0 unspecified atom stereocenters. The summed E-state index contributed by atoms with van der Waals surface area (Å²) in [7, 11) is 0. The third-order valence-electron chi connectivity index (χ3n) is 5.30. The van der Waals surface area contributed by atoms with Crippen molar-refractivity contribution in [2.24, 2.45) is 0 Å². The fourth-order valence-corrected chi connectivity index (χ4v) is 4.76. The van der Waals surface area contributed by atoms with Gasteiger partial charge in [-0.05, 0) is 35.2 Å². The van der Waals surface area contributed by atoms with E-state index in [1.165, 1.54) is 12.1 Å². The number of hydrogen-bond acceptors (Lipinski definition) is 5. The molecule has 0 saturated carbocycles. The Morgan fingerprint density at radius 3 is 2.61 bits per heavy atom. The van der Waals surface area contributed by atoms with Gasteiger partial charge in [0.15, 0.2) is 5.13 Å². The van der Waals surface area contributed by atoms with Crippen LogP contribution in [0.25, 0.3) is 11.1 Å². The summed E-state index contributed by atoms with van der Waals surface area (Å²) in [6.45, 7) is 2.02. The average molecular weight is 393 g/mol. The normalized spacial score (nSPS) is 21.2. The van der Waals surface area contributed by atoms with Crippen LogP contribution >= 0.6 is 11.3 Å². The molecule has 1 aromatic heterocycles. The highest BCUT2D eigenvalue weighted by molar-refractivity contribution is 7.15. The standard InChI is InChI=1S/C22H20FN3OS/c1-2-18-12-25-22(28-18)26-19(11-24)21(20(26)13-27)15-8-6-14(7-9-15)16-4-3-5-17(23)10-16/h3-10,12,19-21,27H,2,13H2,1H3/t19-,20+,21-/m0/s1. The van der Waals surface area contributed by atoms with Gasteiger partial charge in [0.2, 0.25) is 0 Å². The number of rotatable bonds is 5. The minimum absolute atomic E-state index is 0.0461. The molecule has 0 radical (unpaired) electrons. The molecule has 4 nitrogen and oxygen atoms in total. The maximum absolute atomic E-state index is 13.5. The summed E-state index contributed by atoms with van der Waals surface area (Å²) in [6.07, 6.45) is 2.74. The molecular formula is C22H20FN3OS. The third kappa shape index (κ3) is 3.17. The van der Waals surface area contributed by atoms with Crippen molar-refractivity contribution >= 4 is 16.5 Å². The molecular weight excluding hydrogens is 373 g/mol. The number of halogens is 1. The monoisotopic (exact) mass is 393 g/mol. The Kier molecular flexibility index (Phi) is 5.12. The van der Waals surface area contributed by atoms with E-state index in [0.717, 1.165) is 33.1 Å². The highest BCUT2D eigenvalue weighted by atomic mass is 32.1. The van der Waals surface area contributed by atoms with E-state index in [1.54, 1.807) is 17.4 Å². The highest BCUT2D eigenvalue weighted by Crippen LogP contribution is 2.44. The van der Waals surface area contributed by atoms with E-state index in [1.807, 2.05) is 41.4 Å². The molecule has 0 spiro atoms. The van der Waals surface area contributed by atoms with Crippen molar-refractivity contribution in [3.8, 4) is 17.2 Å². The smallest absolute Gasteiger partial charge is 0.186 e. The number of aromatic nitrogens is 1. The van der Waals surface area contributed by atoms with E-state index >= 15 is 0 Å². The number of hydrogen-bond donors (Lipinski definition) is 1. The quantitative estimate of drug-likeness (QED) is 0.699. The first-order valence-electron chi connectivity index (χ1n) is 9.25. The van der Waals surface area contributed by atoms with Gasteiger partial charge in [-0.3, -0.25) is 0 Å². The lowest BCUT2D eigenvalue weighted by molar-refractivity contribution is 0.187. The van der Waals surface area contributed by atoms with Gasteiger partial charge in [-0.25, -0.2) is 9.37 Å². The van der Waals surface area contributed by atoms with Crippen LogP contribution in [0.5, 0.6) is 0 Å². The number of aliphatic hydroxyl groups is 1. The molecule has 1 aliphatic rings. The lowest BCUT2D eigenvalue weighted by Crippen LogP contribution is -2.63. The number of thiazole rings is 1. The fourth-order valence-electron chi connectivity index (χ4n) is 3.82. The van der Waals surface area contributed by atoms with Gasteiger partial charge in [0.05, 0.1) is 18.7 Å². The van der Waals surface area contributed by atoms with E-state index in [0.29, 0.717) is 0 Å². The molecule has 0 aliphatic carbocycles. The van der Waals surface area contributed by atoms with Crippen molar-refractivity contribution in [1.82, 2.24) is 4.98 Å². The molecule has 2 heterocycles. The Bertz CT molecular complexity index is 1010. The summed E-state index contributed by atoms with van der Waals surface area (Å²) in [5.41, 5.74) is 2.72. The van der Waals surface area contributed by atoms with Gasteiger partial charge >= 0.3 is 0 Å². The summed E-state index contributed by atoms with van der Waals surface area (Å²) < 4.78 is 13.5. The van der Waals surface area contributed by atoms with Gasteiger partial charge in [0.1, 0.15) is 11.9 Å². The SMILES string of the molecule is CCc1cnc(N2[C@H](CO)[C@@H](c3ccc(-c4cccc(F)c4)cc3)[C@@H]2C#N)s1. The van der Waals surface area contributed by atoms with Gasteiger partial charge in [-0.2, -0.15) is 5.26 Å². The maximum atomic E-state index is 13.5. The number of anilines is 1. The molecule has 3 atom stereocenters. The second-order valence-corrected chi connectivity index (χ2v) is 7.95. The number of aliphatic hydroxyl groups excluding tert-OH is 1. The molecule has 6 heteroatoms. The van der Waals surface area contributed by atoms with Gasteiger partial charge in [-0.1, -0.05) is 43.3 Å². The average Bonchev–Trinajstić information content (AvgIpc) is 3.17. The molecule has 1 saturated heterocycles. The van der Waals surface area contributed by atoms with Gasteiger partial charge in [0.25, 0.3) is 0 Å². The summed E-state index contributed by atoms with van der Waals surface area (Å²) in [6, 6.07) is 16.1. The predicted molar refractivity (Wildman–Crippen MR) is 109 cm³/mol. The molecule has 0 bridgehead atoms. The topological polar surface area (TPSA) is 60.1 Å². The molecule has 3 aromatic rings. The van der Waals surface area contributed by atoms with E-state index in [2.05, 4.69) is 18.0 Å². The fraction of sp³-hybridized carbons (Fsp3) is 0.273. The maximum Gasteiger partial charge on any atom is 0.186 e. The van der Waals surface area contributed by atoms with Crippen LogP contribution in [0.2, 0.25) is 0 Å². The Labute approximate surface area is 167 Å². The summed E-state index contributed by atoms with van der Waals surface area (Å²) in [4.78, 5) is 7.53. The molecule has 1 N–H and O–H groups in total. The third-order valence-corrected chi connectivity index (χ3v) is 6.45. The van der Waals surface area contributed by atoms with Crippen LogP contribution in [0.15, 0.2) is 54.7 Å². The first-order valence-corrected chi connectivity index (χ1v) is 10.1. The Hall–Kier alpha value is -2.75. The van der Waals surface area contributed by atoms with Gasteiger partial charge < -0.3 is 10.0 Å². The number of benzene rings is 2. The zero-order chi connectivity index (χ0) is 19.7. The summed E-state index contributed by atoms with van der Waals surface area (Å²) >= 11 is 1.57. The lowest BCUT2D eigenvalue weighted by atomic mass is 9.76. The van der Waals surface area contributed by atoms with Gasteiger partial charge in [0, 0.05) is 17.0 Å². The minimum Gasteiger partial charge on any atom is -0.394 e. The number of nitrogens with zero attached hydrogens (tertiary/aromatic N) is 3. The molecule has 28 heavy (non-hydrogen) atoms. The number of aryl methyl sites for hydroxylation is 1. The molecule has 4 rings (SSSR count). The minimum atomic E-state index is -0.368. The molecule has 1 aliphatic heterocycles. The van der Waals surface area contributed by atoms with Crippen LogP contribution in [-0.4, -0.2) is 28.8 Å². The Morgan fingerprint density at radius 1 is 1.21 bits per heavy atom. The van der Waals surface area contributed by atoms with E-state index in [9.17, 15) is 14.8 Å². The first-order chi connectivity index (χ1) is 13.7. The van der Waals surface area contributed by atoms with E-state index < -0.39 is 0 Å². The van der Waals surface area contributed by atoms with Crippen molar-refractivity contribution in [2.45, 2.75) is 31.3 Å². The van der Waals surface area contributed by atoms with E-state index in [-0.39, 0.29) is 30.4 Å². The highest BCUT2D eigenvalue weighted by Gasteiger charge is 2.50. The predicted octanol–water partition coefficient (Wildman–Crippen LogP) is 4.37. The van der Waals surface area contributed by atoms with E-state index in [4.69, 9.17) is 0 Å². The van der Waals surface area contributed by atoms with Crippen molar-refractivity contribution in [3.63, 3.8) is 0 Å². The first kappa shape index (κ1) is 18.6. The summed E-state index contributed by atoms with van der Waals surface area (Å²) in [5, 5.41) is 20.5. The largest absolute Gasteiger partial charge is 0.394 e. The Balaban J connectivity index is 1.60. The van der Waals surface area contributed by atoms with Crippen LogP contribution in [0, 0.1) is 17.1 Å². The van der Waals surface area contributed by atoms with Crippen LogP contribution < -0.4 is 4.90 Å².